The van der Waals surface area contributed by atoms with E-state index in [0.29, 0.717) is 17.1 Å². The van der Waals surface area contributed by atoms with Crippen LogP contribution < -0.4 is 0 Å². The van der Waals surface area contributed by atoms with Gasteiger partial charge in [0.1, 0.15) is 22.4 Å². The third kappa shape index (κ3) is 3.79. The molecule has 1 aliphatic rings. The molecule has 0 radical (unpaired) electrons. The van der Waals surface area contributed by atoms with Crippen molar-refractivity contribution < 1.29 is 5.11 Å². The first kappa shape index (κ1) is 15.7. The Morgan fingerprint density at radius 3 is 2.65 bits per heavy atom. The summed E-state index contributed by atoms with van der Waals surface area (Å²) >= 11 is 1.40. The first-order valence-electron chi connectivity index (χ1n) is 7.84. The molecule has 1 aromatic heterocycles. The van der Waals surface area contributed by atoms with Gasteiger partial charge in [-0.15, -0.1) is 11.3 Å². The molecule has 3 rings (SSSR count). The molecule has 118 valence electrons. The first-order valence-corrected chi connectivity index (χ1v) is 8.72. The highest BCUT2D eigenvalue weighted by Crippen LogP contribution is 2.27. The van der Waals surface area contributed by atoms with Crippen LogP contribution in [-0.4, -0.2) is 34.6 Å². The van der Waals surface area contributed by atoms with Crippen LogP contribution in [0.3, 0.4) is 0 Å². The van der Waals surface area contributed by atoms with Crippen molar-refractivity contribution in [3.05, 3.63) is 46.5 Å². The standard InChI is InChI=1S/C18H19N3OS/c19-11-15(17(22)12-21-9-5-2-6-10-21)18-20-16(13-23-18)14-7-3-1-4-8-14/h1,3-4,7-8,13,22H,2,5-6,9-10,12H2/b17-15-. The molecule has 0 bridgehead atoms. The summed E-state index contributed by atoms with van der Waals surface area (Å²) in [7, 11) is 0. The van der Waals surface area contributed by atoms with Crippen LogP contribution in [0.15, 0.2) is 41.5 Å². The van der Waals surface area contributed by atoms with Gasteiger partial charge in [0.05, 0.1) is 12.2 Å². The van der Waals surface area contributed by atoms with Crippen molar-refractivity contribution in [1.82, 2.24) is 9.88 Å². The molecule has 0 aliphatic carbocycles. The Kier molecular flexibility index (Phi) is 5.06. The van der Waals surface area contributed by atoms with Gasteiger partial charge in [0.25, 0.3) is 0 Å². The molecular formula is C18H19N3OS. The fourth-order valence-electron chi connectivity index (χ4n) is 2.77. The number of benzene rings is 1. The van der Waals surface area contributed by atoms with Crippen molar-refractivity contribution in [3.8, 4) is 17.3 Å². The summed E-state index contributed by atoms with van der Waals surface area (Å²) < 4.78 is 0. The van der Waals surface area contributed by atoms with Crippen molar-refractivity contribution in [1.29, 1.82) is 5.26 Å². The molecular weight excluding hydrogens is 306 g/mol. The number of hydrogen-bond donors (Lipinski definition) is 1. The van der Waals surface area contributed by atoms with Crippen molar-refractivity contribution in [3.63, 3.8) is 0 Å². The number of nitriles is 1. The summed E-state index contributed by atoms with van der Waals surface area (Å²) in [6.45, 7) is 2.40. The lowest BCUT2D eigenvalue weighted by atomic mass is 10.1. The molecule has 0 unspecified atom stereocenters. The normalized spacial score (nSPS) is 16.7. The van der Waals surface area contributed by atoms with E-state index in [1.54, 1.807) is 0 Å². The zero-order chi connectivity index (χ0) is 16.1. The fourth-order valence-corrected chi connectivity index (χ4v) is 3.62. The number of nitrogens with zero attached hydrogens (tertiary/aromatic N) is 3. The van der Waals surface area contributed by atoms with E-state index < -0.39 is 0 Å². The maximum Gasteiger partial charge on any atom is 0.138 e. The number of likely N-dealkylation sites (tertiary alicyclic amines) is 1. The number of piperidine rings is 1. The van der Waals surface area contributed by atoms with E-state index in [4.69, 9.17) is 0 Å². The van der Waals surface area contributed by atoms with Gasteiger partial charge in [0.2, 0.25) is 0 Å². The Morgan fingerprint density at radius 1 is 1.22 bits per heavy atom. The molecule has 5 heteroatoms. The van der Waals surface area contributed by atoms with Crippen LogP contribution in [0.4, 0.5) is 0 Å². The highest BCUT2D eigenvalue weighted by Gasteiger charge is 2.17. The number of thiazole rings is 1. The van der Waals surface area contributed by atoms with E-state index in [1.165, 1.54) is 17.8 Å². The van der Waals surface area contributed by atoms with Gasteiger partial charge in [-0.2, -0.15) is 5.26 Å². The maximum atomic E-state index is 10.4. The zero-order valence-electron chi connectivity index (χ0n) is 12.9. The predicted octanol–water partition coefficient (Wildman–Crippen LogP) is 4.09. The van der Waals surface area contributed by atoms with Crippen LogP contribution in [0.25, 0.3) is 16.8 Å². The van der Waals surface area contributed by atoms with Crippen LogP contribution in [-0.2, 0) is 0 Å². The highest BCUT2D eigenvalue weighted by atomic mass is 32.1. The van der Waals surface area contributed by atoms with Gasteiger partial charge in [-0.3, -0.25) is 4.90 Å². The number of rotatable bonds is 4. The van der Waals surface area contributed by atoms with Gasteiger partial charge in [-0.1, -0.05) is 36.8 Å². The summed E-state index contributed by atoms with van der Waals surface area (Å²) in [5.74, 6) is 0.128. The van der Waals surface area contributed by atoms with Gasteiger partial charge < -0.3 is 5.11 Å². The lowest BCUT2D eigenvalue weighted by Gasteiger charge is -2.26. The Morgan fingerprint density at radius 2 is 1.96 bits per heavy atom. The second-order valence-electron chi connectivity index (χ2n) is 5.67. The molecule has 1 saturated heterocycles. The van der Waals surface area contributed by atoms with Crippen molar-refractivity contribution in [2.75, 3.05) is 19.6 Å². The van der Waals surface area contributed by atoms with Crippen LogP contribution in [0, 0.1) is 11.3 Å². The molecule has 2 aromatic rings. The van der Waals surface area contributed by atoms with E-state index in [2.05, 4.69) is 16.0 Å². The lowest BCUT2D eigenvalue weighted by Crippen LogP contribution is -2.31. The van der Waals surface area contributed by atoms with Gasteiger partial charge >= 0.3 is 0 Å². The molecule has 0 saturated carbocycles. The topological polar surface area (TPSA) is 60.1 Å². The second-order valence-corrected chi connectivity index (χ2v) is 6.53. The Labute approximate surface area is 140 Å². The smallest absolute Gasteiger partial charge is 0.138 e. The Balaban J connectivity index is 1.81. The van der Waals surface area contributed by atoms with E-state index >= 15 is 0 Å². The fraction of sp³-hybridized carbons (Fsp3) is 0.333. The molecule has 23 heavy (non-hydrogen) atoms. The number of allylic oxidation sites excluding steroid dienone is 1. The number of aliphatic hydroxyl groups excluding tert-OH is 1. The molecule has 1 aliphatic heterocycles. The molecule has 1 aromatic carbocycles. The Bertz CT molecular complexity index is 724. The Hall–Kier alpha value is -2.16. The molecule has 0 atom stereocenters. The zero-order valence-corrected chi connectivity index (χ0v) is 13.7. The monoisotopic (exact) mass is 325 g/mol. The van der Waals surface area contributed by atoms with Gasteiger partial charge in [-0.25, -0.2) is 4.98 Å². The van der Waals surface area contributed by atoms with E-state index in [0.717, 1.165) is 37.2 Å². The molecule has 0 amide bonds. The molecule has 0 spiro atoms. The summed E-state index contributed by atoms with van der Waals surface area (Å²) in [6.07, 6.45) is 3.56. The largest absolute Gasteiger partial charge is 0.509 e. The minimum Gasteiger partial charge on any atom is -0.509 e. The number of aliphatic hydroxyl groups is 1. The molecule has 4 nitrogen and oxygen atoms in total. The van der Waals surface area contributed by atoms with Crippen LogP contribution in [0.2, 0.25) is 0 Å². The lowest BCUT2D eigenvalue weighted by molar-refractivity contribution is 0.215. The quantitative estimate of drug-likeness (QED) is 0.679. The third-order valence-corrected chi connectivity index (χ3v) is 4.87. The third-order valence-electron chi connectivity index (χ3n) is 4.01. The summed E-state index contributed by atoms with van der Waals surface area (Å²) in [6, 6.07) is 12.0. The number of hydrogen-bond acceptors (Lipinski definition) is 5. The SMILES string of the molecule is N#C/C(=C(/O)CN1CCCCC1)c1nc(-c2ccccc2)cs1. The minimum absolute atomic E-state index is 0.128. The average Bonchev–Trinajstić information content (AvgIpc) is 3.07. The van der Waals surface area contributed by atoms with E-state index in [1.807, 2.05) is 35.7 Å². The predicted molar refractivity (Wildman–Crippen MR) is 93.0 cm³/mol. The second kappa shape index (κ2) is 7.40. The molecule has 1 fully saturated rings. The van der Waals surface area contributed by atoms with Crippen LogP contribution >= 0.6 is 11.3 Å². The highest BCUT2D eigenvalue weighted by molar-refractivity contribution is 7.11. The average molecular weight is 325 g/mol. The van der Waals surface area contributed by atoms with E-state index in [-0.39, 0.29) is 5.76 Å². The van der Waals surface area contributed by atoms with Gasteiger partial charge in [0, 0.05) is 10.9 Å². The van der Waals surface area contributed by atoms with Crippen LogP contribution in [0.5, 0.6) is 0 Å². The maximum absolute atomic E-state index is 10.4. The van der Waals surface area contributed by atoms with Crippen molar-refractivity contribution in [2.45, 2.75) is 19.3 Å². The molecule has 2 heterocycles. The summed E-state index contributed by atoms with van der Waals surface area (Å²) in [5, 5.41) is 22.3. The van der Waals surface area contributed by atoms with Gasteiger partial charge in [0.15, 0.2) is 0 Å². The van der Waals surface area contributed by atoms with Crippen molar-refractivity contribution in [2.24, 2.45) is 0 Å². The summed E-state index contributed by atoms with van der Waals surface area (Å²) in [5.41, 5.74) is 2.15. The van der Waals surface area contributed by atoms with Crippen LogP contribution in [0.1, 0.15) is 24.3 Å². The summed E-state index contributed by atoms with van der Waals surface area (Å²) in [4.78, 5) is 6.72. The molecule has 1 N–H and O–H groups in total. The number of aromatic nitrogens is 1. The van der Waals surface area contributed by atoms with Crippen molar-refractivity contribution >= 4 is 16.9 Å². The minimum atomic E-state index is 0.128. The van der Waals surface area contributed by atoms with Gasteiger partial charge in [-0.05, 0) is 25.9 Å². The van der Waals surface area contributed by atoms with E-state index in [9.17, 15) is 10.4 Å². The first-order chi connectivity index (χ1) is 11.3.